The largest absolute Gasteiger partial charge is 0.310 e. The molecule has 20 aromatic rings. The van der Waals surface area contributed by atoms with E-state index in [-0.39, 0.29) is 91.0 Å². The highest BCUT2D eigenvalue weighted by molar-refractivity contribution is 8.00. The van der Waals surface area contributed by atoms with Crippen molar-refractivity contribution < 1.29 is 19.2 Å². The van der Waals surface area contributed by atoms with Gasteiger partial charge >= 0.3 is 0 Å². The number of para-hydroxylation sites is 3. The van der Waals surface area contributed by atoms with Crippen LogP contribution in [0, 0.1) is 0 Å². The number of hydrogen-bond acceptors (Lipinski definition) is 2. The predicted molar refractivity (Wildman–Crippen MR) is 479 cm³/mol. The molecular weight excluding hydrogens is 1380 g/mol. The monoisotopic (exact) mass is 1470 g/mol. The van der Waals surface area contributed by atoms with Crippen LogP contribution < -0.4 is 21.3 Å². The summed E-state index contributed by atoms with van der Waals surface area (Å²) >= 11 is 1.57. The van der Waals surface area contributed by atoms with Gasteiger partial charge in [-0.3, -0.25) is 0 Å². The highest BCUT2D eigenvalue weighted by atomic mass is 32.2. The quantitative estimate of drug-likeness (QED) is 0.107. The van der Waals surface area contributed by atoms with Crippen LogP contribution in [-0.2, 0) is 0 Å². The molecule has 2 aromatic heterocycles. The fourth-order valence-corrected chi connectivity index (χ4v) is 18.3. The Labute approximate surface area is 681 Å². The Morgan fingerprint density at radius 3 is 1.07 bits per heavy atom. The van der Waals surface area contributed by atoms with Crippen LogP contribution in [0.1, 0.15) is 19.2 Å². The van der Waals surface area contributed by atoms with Crippen LogP contribution in [-0.4, -0.2) is 15.8 Å². The van der Waals surface area contributed by atoms with Crippen LogP contribution in [0.4, 0.5) is 17.1 Å². The van der Waals surface area contributed by atoms with Crippen molar-refractivity contribution in [2.75, 3.05) is 4.90 Å². The van der Waals surface area contributed by atoms with Crippen molar-refractivity contribution in [1.29, 1.82) is 0 Å². The molecule has 0 atom stereocenters. The molecule has 2 aliphatic rings. The van der Waals surface area contributed by atoms with E-state index < -0.39 is 55.1 Å². The van der Waals surface area contributed by atoms with Crippen molar-refractivity contribution in [3.63, 3.8) is 0 Å². The van der Waals surface area contributed by atoms with E-state index in [0.29, 0.717) is 39.6 Å². The average molecular weight is 1470 g/mol. The van der Waals surface area contributed by atoms with E-state index in [2.05, 4.69) is 169 Å². The van der Waals surface area contributed by atoms with Gasteiger partial charge in [0.25, 0.3) is 0 Å². The number of nitrogens with zero attached hydrogens (tertiary/aromatic N) is 3. The van der Waals surface area contributed by atoms with E-state index in [1.165, 1.54) is 0 Å². The maximum atomic E-state index is 10.5. The van der Waals surface area contributed by atoms with Crippen LogP contribution in [0.2, 0.25) is 0 Å². The summed E-state index contributed by atoms with van der Waals surface area (Å²) in [5.74, 6) is 0. The number of hydrogen-bond donors (Lipinski definition) is 0. The Morgan fingerprint density at radius 1 is 0.248 bits per heavy atom. The Balaban J connectivity index is 0.938. The average Bonchev–Trinajstić information content (AvgIpc) is 1.68. The first-order chi connectivity index (χ1) is 61.9. The van der Waals surface area contributed by atoms with E-state index in [9.17, 15) is 19.2 Å². The second-order valence-corrected chi connectivity index (χ2v) is 29.8. The van der Waals surface area contributed by atoms with Gasteiger partial charge in [-0.25, -0.2) is 0 Å². The van der Waals surface area contributed by atoms with Crippen molar-refractivity contribution in [2.45, 2.75) is 9.79 Å². The van der Waals surface area contributed by atoms with E-state index in [4.69, 9.17) is 0 Å². The molecule has 22 rings (SSSR count). The predicted octanol–water partition coefficient (Wildman–Crippen LogP) is 27.3. The molecule has 4 heterocycles. The molecule has 0 radical (unpaired) electrons. The van der Waals surface area contributed by atoms with E-state index in [1.54, 1.807) is 69.4 Å². The lowest BCUT2D eigenvalue weighted by molar-refractivity contribution is 1.15. The zero-order valence-electron chi connectivity index (χ0n) is 74.7. The highest BCUT2D eigenvalue weighted by Gasteiger charge is 2.44. The fraction of sp³-hybridized carbons (Fsp3) is 0. The Hall–Kier alpha value is -14.2. The van der Waals surface area contributed by atoms with E-state index in [1.807, 2.05) is 127 Å². The lowest BCUT2D eigenvalue weighted by Gasteiger charge is -2.42. The molecule has 2 aliphatic heterocycles. The summed E-state index contributed by atoms with van der Waals surface area (Å²) in [6.45, 7) is -0.763. The molecule has 18 aromatic carbocycles. The van der Waals surface area contributed by atoms with E-state index >= 15 is 0 Å². The minimum atomic E-state index is -0.763. The molecule has 3 nitrogen and oxygen atoms in total. The Morgan fingerprint density at radius 2 is 0.619 bits per heavy atom. The van der Waals surface area contributed by atoms with Crippen molar-refractivity contribution in [3.05, 3.63) is 424 Å². The third-order valence-electron chi connectivity index (χ3n) is 22.2. The van der Waals surface area contributed by atoms with Crippen molar-refractivity contribution in [2.24, 2.45) is 0 Å². The second-order valence-electron chi connectivity index (χ2n) is 28.7. The molecule has 0 N–H and O–H groups in total. The van der Waals surface area contributed by atoms with Gasteiger partial charge in [-0.15, -0.1) is 0 Å². The first-order valence-electron chi connectivity index (χ1n) is 44.8. The molecule has 526 valence electrons. The summed E-state index contributed by atoms with van der Waals surface area (Å²) in [7, 11) is 0. The fourth-order valence-electron chi connectivity index (χ4n) is 17.0. The molecule has 5 heteroatoms. The van der Waals surface area contributed by atoms with Crippen LogP contribution in [0.15, 0.2) is 434 Å². The Bertz CT molecular complexity index is 7830. The molecule has 0 spiro atoms. The molecule has 0 unspecified atom stereocenters. The molecule has 0 saturated heterocycles. The number of benzene rings is 18. The molecule has 113 heavy (non-hydrogen) atoms. The highest BCUT2D eigenvalue weighted by Crippen LogP contribution is 2.53. The topological polar surface area (TPSA) is 13.1 Å². The van der Waals surface area contributed by atoms with Gasteiger partial charge in [0.1, 0.15) is 0 Å². The van der Waals surface area contributed by atoms with Gasteiger partial charge in [0.15, 0.2) is 0 Å². The molecule has 0 amide bonds. The van der Waals surface area contributed by atoms with Gasteiger partial charge in [0.2, 0.25) is 6.71 Å². The Kier molecular flexibility index (Phi) is 12.8. The third kappa shape index (κ3) is 11.4. The maximum Gasteiger partial charge on any atom is 0.249 e. The molecule has 0 bridgehead atoms. The smallest absolute Gasteiger partial charge is 0.249 e. The minimum absolute atomic E-state index is 0.00103. The number of fused-ring (bicyclic) bond motifs is 10. The SMILES string of the molecule is [2H]c1c([2H])c([2H])c2c(c1[2H])c1c([2H])c(-c3ccccc3)c([2H])c([2H])c1n2-c1ccc2c(c1)N(c1c(-c3ccccc3)cccc1-c1ccccc1)c1cc(-n3c4c([2H])c([2H])c([2H])c([2H])c4c4c([2H])c(-c5ccccc5)c([2H])c([2H])c43)cc3c1B2c1cc(-c2cc(-c4ccccc4)cc(-c4ccccc4)c2)cc(-c2cc(-c4ccccc4)cc(-c4ccccc4)c2)c1S3. The van der Waals surface area contributed by atoms with Gasteiger partial charge in [-0.05, 0) is 214 Å². The summed E-state index contributed by atoms with van der Waals surface area (Å²) in [6.07, 6.45) is 0. The van der Waals surface area contributed by atoms with Crippen molar-refractivity contribution in [3.8, 4) is 123 Å². The van der Waals surface area contributed by atoms with Crippen LogP contribution in [0.5, 0.6) is 0 Å². The number of aromatic nitrogens is 2. The summed E-state index contributed by atoms with van der Waals surface area (Å²) in [5.41, 5.74) is 21.0. The van der Waals surface area contributed by atoms with Gasteiger partial charge < -0.3 is 14.0 Å². The van der Waals surface area contributed by atoms with Crippen LogP contribution in [0.25, 0.3) is 166 Å². The van der Waals surface area contributed by atoms with Gasteiger partial charge in [-0.1, -0.05) is 339 Å². The summed E-state index contributed by atoms with van der Waals surface area (Å²) < 4.78 is 144. The third-order valence-corrected chi connectivity index (χ3v) is 23.4. The summed E-state index contributed by atoms with van der Waals surface area (Å²) in [4.78, 5) is 3.82. The molecule has 0 saturated carbocycles. The van der Waals surface area contributed by atoms with Gasteiger partial charge in [0, 0.05) is 65.2 Å². The van der Waals surface area contributed by atoms with Crippen LogP contribution in [0.3, 0.4) is 0 Å². The zero-order valence-corrected chi connectivity index (χ0v) is 61.5. The number of anilines is 3. The lowest BCUT2D eigenvalue weighted by Crippen LogP contribution is -2.60. The van der Waals surface area contributed by atoms with Crippen LogP contribution >= 0.6 is 11.8 Å². The summed E-state index contributed by atoms with van der Waals surface area (Å²) in [5, 5.41) is 0.130. The first-order valence-corrected chi connectivity index (χ1v) is 38.6. The van der Waals surface area contributed by atoms with Crippen molar-refractivity contribution >= 4 is 95.5 Å². The molecule has 0 aliphatic carbocycles. The second kappa shape index (κ2) is 27.4. The van der Waals surface area contributed by atoms with Gasteiger partial charge in [0.05, 0.1) is 46.9 Å². The zero-order chi connectivity index (χ0) is 86.6. The first kappa shape index (κ1) is 52.8. The maximum absolute atomic E-state index is 10.5. The molecule has 0 fully saturated rings. The standard InChI is InChI=1S/C108H70BN3S/c1-9-30-71(31-10-1)79-52-56-101-95(64-79)92-46-25-27-50-99(92)110(101)88-54-55-97-103(68-88)112(107-90(77-42-21-7-22-43-77)48-29-49-91(107)78-44-23-8-24-45-78)104-69-89(111-100-51-28-26-47-93(100)96-65-80(53-57-102(96)111)72-32-11-2-12-33-72)70-105-106(104)109(97)98-67-86(85-60-81(73-34-13-3-14-35-73)58-82(61-85)74-36-15-4-16-37-74)66-94(108(98)113-105)87-62-83(75-38-17-5-18-39-75)59-84(63-87)76-40-19-6-20-41-76/h1-70H/i25D,26D,27D,28D,46D,47D,50D,51D,52D,53D,56D,57D,64D,65D. The normalized spacial score (nSPS) is 13.9. The lowest BCUT2D eigenvalue weighted by atomic mass is 9.34. The van der Waals surface area contributed by atoms with Crippen molar-refractivity contribution in [1.82, 2.24) is 9.13 Å². The molecular formula is C108H70BN3S. The number of rotatable bonds is 13. The minimum Gasteiger partial charge on any atom is -0.310 e. The summed E-state index contributed by atoms with van der Waals surface area (Å²) in [6, 6.07) is 109. The van der Waals surface area contributed by atoms with E-state index in [0.717, 1.165) is 115 Å². The van der Waals surface area contributed by atoms with Gasteiger partial charge in [-0.2, -0.15) is 0 Å².